The van der Waals surface area contributed by atoms with Gasteiger partial charge in [0.15, 0.2) is 0 Å². The maximum absolute atomic E-state index is 12.2. The second kappa shape index (κ2) is 8.04. The molecule has 0 aliphatic carbocycles. The van der Waals surface area contributed by atoms with Crippen LogP contribution in [0.1, 0.15) is 22.0 Å². The van der Waals surface area contributed by atoms with Crippen LogP contribution in [0.25, 0.3) is 10.9 Å². The molecule has 0 amide bonds. The summed E-state index contributed by atoms with van der Waals surface area (Å²) in [5, 5.41) is 20.0. The molecule has 0 saturated carbocycles. The normalized spacial score (nSPS) is 16.0. The Labute approximate surface area is 180 Å². The summed E-state index contributed by atoms with van der Waals surface area (Å²) in [5.74, 6) is -1.32. The fourth-order valence-corrected chi connectivity index (χ4v) is 4.11. The van der Waals surface area contributed by atoms with Gasteiger partial charge in [0.05, 0.1) is 10.0 Å². The number of aliphatic carboxylic acids is 1. The Morgan fingerprint density at radius 2 is 1.77 bits per heavy atom. The van der Waals surface area contributed by atoms with Gasteiger partial charge in [-0.3, -0.25) is 9.69 Å². The van der Waals surface area contributed by atoms with E-state index >= 15 is 0 Å². The molecular weight excluding hydrogens is 454 g/mol. The van der Waals surface area contributed by atoms with Gasteiger partial charge in [-0.05, 0) is 28.1 Å². The van der Waals surface area contributed by atoms with Crippen molar-refractivity contribution in [2.75, 3.05) is 31.1 Å². The van der Waals surface area contributed by atoms with Crippen molar-refractivity contribution in [2.24, 2.45) is 7.05 Å². The van der Waals surface area contributed by atoms with Crippen LogP contribution in [0.5, 0.6) is 0 Å². The lowest BCUT2D eigenvalue weighted by Gasteiger charge is -2.37. The number of carboxylic acid groups (broad SMARTS) is 2. The Balaban J connectivity index is 1.60. The summed E-state index contributed by atoms with van der Waals surface area (Å²) in [6.45, 7) is 2.30. The third kappa shape index (κ3) is 3.75. The molecule has 1 aliphatic heterocycles. The van der Waals surface area contributed by atoms with E-state index in [1.165, 1.54) is 6.07 Å². The van der Waals surface area contributed by atoms with E-state index in [1.807, 2.05) is 9.80 Å². The van der Waals surface area contributed by atoms with Gasteiger partial charge in [0.1, 0.15) is 6.04 Å². The van der Waals surface area contributed by atoms with E-state index < -0.39 is 18.0 Å². The number of carbonyl (C=O) groups is 2. The van der Waals surface area contributed by atoms with Gasteiger partial charge in [0, 0.05) is 68.3 Å². The molecule has 1 fully saturated rings. The molecule has 2 aromatic heterocycles. The van der Waals surface area contributed by atoms with Gasteiger partial charge in [-0.15, -0.1) is 0 Å². The lowest BCUT2D eigenvalue weighted by Crippen LogP contribution is -2.49. The number of halogens is 1. The molecule has 3 heterocycles. The van der Waals surface area contributed by atoms with Gasteiger partial charge in [-0.2, -0.15) is 0 Å². The highest BCUT2D eigenvalue weighted by molar-refractivity contribution is 9.10. The number of anilines is 1. The first-order valence-electron chi connectivity index (χ1n) is 9.37. The van der Waals surface area contributed by atoms with E-state index in [-0.39, 0.29) is 5.56 Å². The number of aromatic nitrogens is 3. The first-order valence-corrected chi connectivity index (χ1v) is 10.2. The van der Waals surface area contributed by atoms with Crippen molar-refractivity contribution in [1.29, 1.82) is 0 Å². The Morgan fingerprint density at radius 1 is 1.10 bits per heavy atom. The summed E-state index contributed by atoms with van der Waals surface area (Å²) < 4.78 is 2.58. The fraction of sp³-hybridized carbons (Fsp3) is 0.300. The minimum atomic E-state index is -1.01. The number of hydrogen-bond donors (Lipinski definition) is 2. The Morgan fingerprint density at radius 3 is 2.37 bits per heavy atom. The third-order valence-electron chi connectivity index (χ3n) is 5.37. The maximum atomic E-state index is 12.2. The van der Waals surface area contributed by atoms with Gasteiger partial charge in [0.2, 0.25) is 5.95 Å². The maximum Gasteiger partial charge on any atom is 0.335 e. The minimum absolute atomic E-state index is 0.172. The van der Waals surface area contributed by atoms with Gasteiger partial charge in [-0.1, -0.05) is 6.07 Å². The van der Waals surface area contributed by atoms with E-state index in [9.17, 15) is 19.8 Å². The van der Waals surface area contributed by atoms with Crippen molar-refractivity contribution in [3.63, 3.8) is 0 Å². The molecule has 10 heteroatoms. The highest BCUT2D eigenvalue weighted by Crippen LogP contribution is 2.32. The molecule has 1 unspecified atom stereocenters. The molecular formula is C20H20BrN5O4. The highest BCUT2D eigenvalue weighted by Gasteiger charge is 2.33. The van der Waals surface area contributed by atoms with E-state index in [0.29, 0.717) is 43.2 Å². The molecule has 9 nitrogen and oxygen atoms in total. The zero-order chi connectivity index (χ0) is 21.4. The van der Waals surface area contributed by atoms with Gasteiger partial charge < -0.3 is 19.7 Å². The lowest BCUT2D eigenvalue weighted by molar-refractivity contribution is -0.143. The number of carboxylic acids is 2. The van der Waals surface area contributed by atoms with Crippen LogP contribution in [0.4, 0.5) is 5.95 Å². The molecule has 0 radical (unpaired) electrons. The average Bonchev–Trinajstić information content (AvgIpc) is 3.05. The zero-order valence-corrected chi connectivity index (χ0v) is 17.8. The molecule has 156 valence electrons. The number of rotatable bonds is 5. The Hall–Kier alpha value is -2.98. The number of fused-ring (bicyclic) bond motifs is 1. The standard InChI is InChI=1S/C20H20BrN5O4/c1-24-11-15(14-3-2-12(18(27)28)8-16(14)24)17(19(29)30)25-4-6-26(7-5-25)20-22-9-13(21)10-23-20/h2-3,8-11,17H,4-7H2,1H3,(H,27,28)(H,29,30). The molecule has 30 heavy (non-hydrogen) atoms. The molecule has 1 saturated heterocycles. The number of aromatic carboxylic acids is 1. The summed E-state index contributed by atoms with van der Waals surface area (Å²) in [5.41, 5.74) is 1.52. The fourth-order valence-electron chi connectivity index (χ4n) is 3.90. The lowest BCUT2D eigenvalue weighted by atomic mass is 10.0. The van der Waals surface area contributed by atoms with E-state index in [1.54, 1.807) is 42.3 Å². The first kappa shape index (κ1) is 20.3. The molecule has 3 aromatic rings. The van der Waals surface area contributed by atoms with Crippen molar-refractivity contribution in [3.8, 4) is 0 Å². The molecule has 1 atom stereocenters. The van der Waals surface area contributed by atoms with Crippen LogP contribution < -0.4 is 4.90 Å². The second-order valence-electron chi connectivity index (χ2n) is 7.20. The summed E-state index contributed by atoms with van der Waals surface area (Å²) in [4.78, 5) is 36.1. The quantitative estimate of drug-likeness (QED) is 0.580. The molecule has 2 N–H and O–H groups in total. The first-order chi connectivity index (χ1) is 14.3. The number of nitrogens with zero attached hydrogens (tertiary/aromatic N) is 5. The topological polar surface area (TPSA) is 112 Å². The largest absolute Gasteiger partial charge is 0.480 e. The number of hydrogen-bond acceptors (Lipinski definition) is 6. The number of piperazine rings is 1. The van der Waals surface area contributed by atoms with Crippen LogP contribution in [0.15, 0.2) is 41.3 Å². The zero-order valence-electron chi connectivity index (χ0n) is 16.2. The van der Waals surface area contributed by atoms with Crippen LogP contribution in [-0.4, -0.2) is 67.8 Å². The van der Waals surface area contributed by atoms with E-state index in [0.717, 1.165) is 9.86 Å². The number of benzene rings is 1. The summed E-state index contributed by atoms with van der Waals surface area (Å²) in [7, 11) is 1.79. The SMILES string of the molecule is Cn1cc(C(C(=O)O)N2CCN(c3ncc(Br)cn3)CC2)c2ccc(C(=O)O)cc21. The van der Waals surface area contributed by atoms with Crippen LogP contribution in [-0.2, 0) is 11.8 Å². The summed E-state index contributed by atoms with van der Waals surface area (Å²) >= 11 is 3.32. The third-order valence-corrected chi connectivity index (χ3v) is 5.78. The predicted octanol–water partition coefficient (Wildman–Crippen LogP) is 2.38. The Kier molecular flexibility index (Phi) is 5.44. The van der Waals surface area contributed by atoms with Gasteiger partial charge in [0.25, 0.3) is 0 Å². The van der Waals surface area contributed by atoms with E-state index in [4.69, 9.17) is 0 Å². The monoisotopic (exact) mass is 473 g/mol. The molecule has 1 aliphatic rings. The molecule has 0 bridgehead atoms. The molecule has 0 spiro atoms. The second-order valence-corrected chi connectivity index (χ2v) is 8.11. The van der Waals surface area contributed by atoms with Crippen molar-refractivity contribution in [2.45, 2.75) is 6.04 Å². The summed E-state index contributed by atoms with van der Waals surface area (Å²) in [6.07, 6.45) is 5.16. The smallest absolute Gasteiger partial charge is 0.335 e. The number of aryl methyl sites for hydroxylation is 1. The van der Waals surface area contributed by atoms with Crippen molar-refractivity contribution < 1.29 is 19.8 Å². The average molecular weight is 474 g/mol. The minimum Gasteiger partial charge on any atom is -0.480 e. The van der Waals surface area contributed by atoms with Crippen molar-refractivity contribution >= 4 is 44.7 Å². The predicted molar refractivity (Wildman–Crippen MR) is 114 cm³/mol. The van der Waals surface area contributed by atoms with Crippen LogP contribution in [0, 0.1) is 0 Å². The molecule has 4 rings (SSSR count). The van der Waals surface area contributed by atoms with Crippen LogP contribution in [0.2, 0.25) is 0 Å². The van der Waals surface area contributed by atoms with Crippen LogP contribution in [0.3, 0.4) is 0 Å². The van der Waals surface area contributed by atoms with Crippen molar-refractivity contribution in [3.05, 3.63) is 52.4 Å². The Bertz CT molecular complexity index is 1110. The van der Waals surface area contributed by atoms with Gasteiger partial charge in [-0.25, -0.2) is 14.8 Å². The molecule has 1 aromatic carbocycles. The van der Waals surface area contributed by atoms with Crippen molar-refractivity contribution in [1.82, 2.24) is 19.4 Å². The van der Waals surface area contributed by atoms with Crippen LogP contribution >= 0.6 is 15.9 Å². The van der Waals surface area contributed by atoms with Gasteiger partial charge >= 0.3 is 11.9 Å². The van der Waals surface area contributed by atoms with E-state index in [2.05, 4.69) is 25.9 Å². The highest BCUT2D eigenvalue weighted by atomic mass is 79.9. The summed E-state index contributed by atoms with van der Waals surface area (Å²) in [6, 6.07) is 3.95.